The van der Waals surface area contributed by atoms with Gasteiger partial charge in [-0.1, -0.05) is 32.5 Å². The summed E-state index contributed by atoms with van der Waals surface area (Å²) in [5, 5.41) is 6.98. The molecular formula is C18H28N2OS. The van der Waals surface area contributed by atoms with E-state index in [9.17, 15) is 0 Å². The van der Waals surface area contributed by atoms with E-state index in [1.54, 1.807) is 0 Å². The fourth-order valence-electron chi connectivity index (χ4n) is 2.86. The highest BCUT2D eigenvalue weighted by Gasteiger charge is 2.24. The topological polar surface area (TPSA) is 33.3 Å². The second-order valence-corrected chi connectivity index (χ2v) is 6.38. The van der Waals surface area contributed by atoms with Gasteiger partial charge in [-0.25, -0.2) is 0 Å². The maximum absolute atomic E-state index is 5.69. The normalized spacial score (nSPS) is 18.9. The highest BCUT2D eigenvalue weighted by Crippen LogP contribution is 2.17. The van der Waals surface area contributed by atoms with Crippen LogP contribution in [0.3, 0.4) is 0 Å². The summed E-state index contributed by atoms with van der Waals surface area (Å²) in [5.74, 6) is 1.60. The molecule has 1 aliphatic heterocycles. The summed E-state index contributed by atoms with van der Waals surface area (Å²) in [6, 6.07) is 8.59. The summed E-state index contributed by atoms with van der Waals surface area (Å²) in [6.45, 7) is 7.40. The molecule has 122 valence electrons. The van der Waals surface area contributed by atoms with E-state index in [4.69, 9.17) is 17.0 Å². The van der Waals surface area contributed by atoms with E-state index in [2.05, 4.69) is 36.6 Å². The molecule has 0 radical (unpaired) electrons. The second kappa shape index (κ2) is 9.11. The minimum atomic E-state index is 0.461. The lowest BCUT2D eigenvalue weighted by molar-refractivity contribution is 0.309. The lowest BCUT2D eigenvalue weighted by Crippen LogP contribution is -2.40. The molecule has 1 saturated heterocycles. The maximum atomic E-state index is 5.69. The number of ether oxygens (including phenoxy) is 1. The van der Waals surface area contributed by atoms with Crippen LogP contribution in [0.2, 0.25) is 0 Å². The first-order valence-electron chi connectivity index (χ1n) is 8.49. The molecule has 1 aliphatic rings. The number of nitrogens with one attached hydrogen (secondary N) is 2. The van der Waals surface area contributed by atoms with E-state index in [0.29, 0.717) is 12.0 Å². The first-order valence-corrected chi connectivity index (χ1v) is 8.89. The first kappa shape index (κ1) is 17.2. The summed E-state index contributed by atoms with van der Waals surface area (Å²) in [5.41, 5.74) is 1.07. The fourth-order valence-corrected chi connectivity index (χ4v) is 3.15. The second-order valence-electron chi connectivity index (χ2n) is 5.97. The van der Waals surface area contributed by atoms with E-state index >= 15 is 0 Å². The molecule has 1 fully saturated rings. The zero-order valence-corrected chi connectivity index (χ0v) is 14.5. The molecule has 1 aromatic carbocycles. The Morgan fingerprint density at radius 1 is 1.36 bits per heavy atom. The van der Waals surface area contributed by atoms with E-state index < -0.39 is 0 Å². The van der Waals surface area contributed by atoms with Gasteiger partial charge in [0.25, 0.3) is 0 Å². The van der Waals surface area contributed by atoms with Crippen LogP contribution in [0.25, 0.3) is 0 Å². The van der Waals surface area contributed by atoms with Crippen molar-refractivity contribution in [3.05, 3.63) is 29.8 Å². The molecular weight excluding hydrogens is 292 g/mol. The summed E-state index contributed by atoms with van der Waals surface area (Å²) >= 11 is 5.58. The average molecular weight is 321 g/mol. The maximum Gasteiger partial charge on any atom is 0.119 e. The molecule has 0 aromatic heterocycles. The van der Waals surface area contributed by atoms with Crippen LogP contribution in [0, 0.1) is 5.92 Å². The fraction of sp³-hybridized carbons (Fsp3) is 0.611. The van der Waals surface area contributed by atoms with Gasteiger partial charge in [-0.2, -0.15) is 0 Å². The quantitative estimate of drug-likeness (QED) is 0.567. The van der Waals surface area contributed by atoms with Gasteiger partial charge >= 0.3 is 0 Å². The van der Waals surface area contributed by atoms with Crippen LogP contribution in [-0.2, 0) is 0 Å². The Labute approximate surface area is 139 Å². The van der Waals surface area contributed by atoms with E-state index in [-0.39, 0.29) is 0 Å². The monoisotopic (exact) mass is 320 g/mol. The third-order valence-corrected chi connectivity index (χ3v) is 4.66. The van der Waals surface area contributed by atoms with Crippen molar-refractivity contribution < 1.29 is 4.74 Å². The molecule has 2 unspecified atom stereocenters. The predicted octanol–water partition coefficient (Wildman–Crippen LogP) is 3.52. The number of thiocarbonyl (C=S) groups is 1. The Morgan fingerprint density at radius 3 is 2.73 bits per heavy atom. The highest BCUT2D eigenvalue weighted by atomic mass is 32.1. The smallest absolute Gasteiger partial charge is 0.119 e. The van der Waals surface area contributed by atoms with Gasteiger partial charge in [-0.3, -0.25) is 0 Å². The molecule has 0 spiro atoms. The van der Waals surface area contributed by atoms with E-state index in [0.717, 1.165) is 55.3 Å². The molecule has 3 nitrogen and oxygen atoms in total. The van der Waals surface area contributed by atoms with Gasteiger partial charge < -0.3 is 15.4 Å². The van der Waals surface area contributed by atoms with E-state index in [1.807, 2.05) is 12.1 Å². The Balaban J connectivity index is 1.88. The van der Waals surface area contributed by atoms with Crippen molar-refractivity contribution in [2.45, 2.75) is 45.6 Å². The van der Waals surface area contributed by atoms with Gasteiger partial charge in [0.2, 0.25) is 0 Å². The van der Waals surface area contributed by atoms with Crippen molar-refractivity contribution >= 4 is 17.2 Å². The van der Waals surface area contributed by atoms with Gasteiger partial charge in [-0.05, 0) is 62.5 Å². The predicted molar refractivity (Wildman–Crippen MR) is 96.7 cm³/mol. The van der Waals surface area contributed by atoms with Crippen LogP contribution >= 0.6 is 12.2 Å². The lowest BCUT2D eigenvalue weighted by atomic mass is 9.96. The van der Waals surface area contributed by atoms with Crippen molar-refractivity contribution in [1.82, 2.24) is 10.6 Å². The molecule has 2 N–H and O–H groups in total. The van der Waals surface area contributed by atoms with Crippen LogP contribution in [0.15, 0.2) is 24.3 Å². The zero-order valence-electron chi connectivity index (χ0n) is 13.7. The number of hydrogen-bond acceptors (Lipinski definition) is 3. The first-order chi connectivity index (χ1) is 10.7. The molecule has 2 atom stereocenters. The summed E-state index contributed by atoms with van der Waals surface area (Å²) in [6.07, 6.45) is 4.58. The van der Waals surface area contributed by atoms with Gasteiger partial charge in [0.1, 0.15) is 10.7 Å². The number of hydrogen-bond donors (Lipinski definition) is 2. The largest absolute Gasteiger partial charge is 0.494 e. The summed E-state index contributed by atoms with van der Waals surface area (Å²) < 4.78 is 5.69. The summed E-state index contributed by atoms with van der Waals surface area (Å²) in [7, 11) is 0. The van der Waals surface area contributed by atoms with Crippen LogP contribution in [0.4, 0.5) is 0 Å². The Bertz CT molecular complexity index is 455. The van der Waals surface area contributed by atoms with Crippen LogP contribution < -0.4 is 15.4 Å². The zero-order chi connectivity index (χ0) is 15.8. The number of benzene rings is 1. The molecule has 1 aromatic rings. The van der Waals surface area contributed by atoms with Crippen molar-refractivity contribution in [2.24, 2.45) is 5.92 Å². The van der Waals surface area contributed by atoms with Gasteiger partial charge in [0.05, 0.1) is 6.61 Å². The molecule has 4 heteroatoms. The molecule has 1 heterocycles. The average Bonchev–Trinajstić information content (AvgIpc) is 3.07. The molecule has 0 amide bonds. The van der Waals surface area contributed by atoms with Crippen LogP contribution in [0.1, 0.15) is 45.1 Å². The van der Waals surface area contributed by atoms with Crippen molar-refractivity contribution in [2.75, 3.05) is 19.7 Å². The van der Waals surface area contributed by atoms with Crippen molar-refractivity contribution in [1.29, 1.82) is 0 Å². The van der Waals surface area contributed by atoms with Crippen LogP contribution in [-0.4, -0.2) is 30.7 Å². The molecule has 0 saturated carbocycles. The number of rotatable bonds is 8. The third-order valence-electron chi connectivity index (χ3n) is 4.31. The molecule has 2 rings (SSSR count). The van der Waals surface area contributed by atoms with Gasteiger partial charge in [0.15, 0.2) is 0 Å². The SMILES string of the molecule is CCCCOc1ccc(C(=S)NC(CC)C2CCNC2)cc1. The highest BCUT2D eigenvalue weighted by molar-refractivity contribution is 7.80. The minimum Gasteiger partial charge on any atom is -0.494 e. The van der Waals surface area contributed by atoms with Crippen molar-refractivity contribution in [3.63, 3.8) is 0 Å². The molecule has 0 aliphatic carbocycles. The Kier molecular flexibility index (Phi) is 7.13. The summed E-state index contributed by atoms with van der Waals surface area (Å²) in [4.78, 5) is 0.846. The minimum absolute atomic E-state index is 0.461. The molecule has 22 heavy (non-hydrogen) atoms. The van der Waals surface area contributed by atoms with Gasteiger partial charge in [-0.15, -0.1) is 0 Å². The van der Waals surface area contributed by atoms with Gasteiger partial charge in [0, 0.05) is 11.6 Å². The Hall–Kier alpha value is -1.13. The molecule has 0 bridgehead atoms. The van der Waals surface area contributed by atoms with Crippen LogP contribution in [0.5, 0.6) is 5.75 Å². The number of unbranched alkanes of at least 4 members (excludes halogenated alkanes) is 1. The van der Waals surface area contributed by atoms with E-state index in [1.165, 1.54) is 6.42 Å². The van der Waals surface area contributed by atoms with Crippen molar-refractivity contribution in [3.8, 4) is 5.75 Å². The lowest BCUT2D eigenvalue weighted by Gasteiger charge is -2.24. The standard InChI is InChI=1S/C18H28N2OS/c1-3-5-12-21-16-8-6-14(7-9-16)18(22)20-17(4-2)15-10-11-19-13-15/h6-9,15,17,19H,3-5,10-13H2,1-2H3,(H,20,22). The Morgan fingerprint density at radius 2 is 2.14 bits per heavy atom. The third kappa shape index (κ3) is 4.96.